The standard InChI is InChI=1S/C24H25F2N3O2/c1-14(2)17-10-15(3)11-18(12-17)31-24-19(9-8-16(4)28-24)23(29-30)27-13-20-21(25)6-5-7-22(20)26/h5-12,14,30H,13H2,1-4H3,(H,27,29). The minimum absolute atomic E-state index is 0.0121. The molecule has 2 N–H and O–H groups in total. The van der Waals surface area contributed by atoms with Crippen LogP contribution in [0.1, 0.15) is 47.7 Å². The first kappa shape index (κ1) is 22.4. The number of aryl methyl sites for hydroxylation is 2. The summed E-state index contributed by atoms with van der Waals surface area (Å²) >= 11 is 0. The van der Waals surface area contributed by atoms with Gasteiger partial charge in [-0.1, -0.05) is 26.0 Å². The quantitative estimate of drug-likeness (QED) is 0.297. The average molecular weight is 425 g/mol. The van der Waals surface area contributed by atoms with E-state index < -0.39 is 11.6 Å². The van der Waals surface area contributed by atoms with Gasteiger partial charge in [0.25, 0.3) is 0 Å². The fourth-order valence-electron chi connectivity index (χ4n) is 3.09. The second-order valence-corrected chi connectivity index (χ2v) is 7.62. The molecular weight excluding hydrogens is 400 g/mol. The first-order chi connectivity index (χ1) is 14.8. The summed E-state index contributed by atoms with van der Waals surface area (Å²) in [5.74, 6) is -0.294. The van der Waals surface area contributed by atoms with Gasteiger partial charge in [0.15, 0.2) is 5.84 Å². The van der Waals surface area contributed by atoms with Crippen molar-refractivity contribution in [3.05, 3.63) is 88.1 Å². The molecule has 3 rings (SSSR count). The maximum absolute atomic E-state index is 13.9. The Hall–Kier alpha value is -3.32. The predicted octanol–water partition coefficient (Wildman–Crippen LogP) is 5.82. The third kappa shape index (κ3) is 5.44. The maximum atomic E-state index is 13.9. The first-order valence-corrected chi connectivity index (χ1v) is 9.93. The molecule has 0 unspecified atom stereocenters. The fraction of sp³-hybridized carbons (Fsp3) is 0.250. The van der Waals surface area contributed by atoms with Crippen molar-refractivity contribution in [2.75, 3.05) is 0 Å². The van der Waals surface area contributed by atoms with Gasteiger partial charge in [0.05, 0.1) is 12.1 Å². The lowest BCUT2D eigenvalue weighted by Gasteiger charge is -2.15. The third-order valence-corrected chi connectivity index (χ3v) is 4.77. The van der Waals surface area contributed by atoms with Crippen molar-refractivity contribution in [2.45, 2.75) is 40.2 Å². The molecule has 1 aromatic heterocycles. The van der Waals surface area contributed by atoms with E-state index >= 15 is 0 Å². The van der Waals surface area contributed by atoms with Crippen LogP contribution in [0.15, 0.2) is 53.5 Å². The summed E-state index contributed by atoms with van der Waals surface area (Å²) in [5.41, 5.74) is 5.02. The molecular formula is C24H25F2N3O2. The number of amidine groups is 1. The zero-order valence-corrected chi connectivity index (χ0v) is 17.9. The lowest BCUT2D eigenvalue weighted by atomic mass is 10.0. The molecule has 2 aromatic carbocycles. The number of hydroxylamine groups is 1. The fourth-order valence-corrected chi connectivity index (χ4v) is 3.09. The van der Waals surface area contributed by atoms with Crippen LogP contribution in [0.5, 0.6) is 11.6 Å². The first-order valence-electron chi connectivity index (χ1n) is 9.93. The van der Waals surface area contributed by atoms with E-state index in [2.05, 4.69) is 29.9 Å². The molecule has 0 radical (unpaired) electrons. The molecule has 0 aliphatic carbocycles. The Morgan fingerprint density at radius 2 is 1.81 bits per heavy atom. The molecule has 0 aliphatic rings. The van der Waals surface area contributed by atoms with Crippen molar-refractivity contribution in [2.24, 2.45) is 4.99 Å². The van der Waals surface area contributed by atoms with E-state index in [1.54, 1.807) is 12.1 Å². The molecule has 0 saturated heterocycles. The molecule has 0 fully saturated rings. The minimum atomic E-state index is -0.708. The molecule has 0 saturated carbocycles. The molecule has 3 aromatic rings. The Balaban J connectivity index is 1.98. The monoisotopic (exact) mass is 425 g/mol. The highest BCUT2D eigenvalue weighted by Crippen LogP contribution is 2.28. The summed E-state index contributed by atoms with van der Waals surface area (Å²) in [7, 11) is 0. The van der Waals surface area contributed by atoms with Gasteiger partial charge >= 0.3 is 0 Å². The number of hydrogen-bond acceptors (Lipinski definition) is 4. The number of nitrogens with zero attached hydrogens (tertiary/aromatic N) is 2. The molecule has 0 amide bonds. The van der Waals surface area contributed by atoms with E-state index in [1.165, 1.54) is 6.07 Å². The Bertz CT molecular complexity index is 1090. The smallest absolute Gasteiger partial charge is 0.230 e. The largest absolute Gasteiger partial charge is 0.438 e. The lowest BCUT2D eigenvalue weighted by molar-refractivity contribution is 0.234. The van der Waals surface area contributed by atoms with Gasteiger partial charge in [-0.3, -0.25) is 15.7 Å². The van der Waals surface area contributed by atoms with Crippen molar-refractivity contribution in [1.29, 1.82) is 0 Å². The maximum Gasteiger partial charge on any atom is 0.230 e. The second kappa shape index (κ2) is 9.66. The second-order valence-electron chi connectivity index (χ2n) is 7.62. The molecule has 0 spiro atoms. The number of rotatable bonds is 6. The van der Waals surface area contributed by atoms with E-state index in [-0.39, 0.29) is 23.8 Å². The van der Waals surface area contributed by atoms with Crippen LogP contribution < -0.4 is 10.2 Å². The van der Waals surface area contributed by atoms with Crippen molar-refractivity contribution < 1.29 is 18.7 Å². The van der Waals surface area contributed by atoms with Crippen molar-refractivity contribution >= 4 is 5.84 Å². The number of hydrogen-bond donors (Lipinski definition) is 2. The van der Waals surface area contributed by atoms with Crippen LogP contribution in [0.25, 0.3) is 0 Å². The van der Waals surface area contributed by atoms with Gasteiger partial charge < -0.3 is 4.74 Å². The molecule has 31 heavy (non-hydrogen) atoms. The van der Waals surface area contributed by atoms with Gasteiger partial charge in [-0.25, -0.2) is 13.8 Å². The van der Waals surface area contributed by atoms with E-state index in [1.807, 2.05) is 31.5 Å². The summed E-state index contributed by atoms with van der Waals surface area (Å²) in [6.45, 7) is 7.67. The summed E-state index contributed by atoms with van der Waals surface area (Å²) in [5, 5.41) is 9.67. The van der Waals surface area contributed by atoms with Gasteiger partial charge in [-0.05, 0) is 67.3 Å². The number of aromatic nitrogens is 1. The van der Waals surface area contributed by atoms with E-state index in [9.17, 15) is 14.0 Å². The molecule has 0 atom stereocenters. The Kier molecular flexibility index (Phi) is 6.97. The summed E-state index contributed by atoms with van der Waals surface area (Å²) in [6.07, 6.45) is 0. The van der Waals surface area contributed by atoms with Crippen LogP contribution in [0, 0.1) is 25.5 Å². The zero-order valence-electron chi connectivity index (χ0n) is 17.9. The Morgan fingerprint density at radius 3 is 2.45 bits per heavy atom. The van der Waals surface area contributed by atoms with Gasteiger partial charge in [0, 0.05) is 11.3 Å². The summed E-state index contributed by atoms with van der Waals surface area (Å²) < 4.78 is 33.9. The van der Waals surface area contributed by atoms with Crippen molar-refractivity contribution in [1.82, 2.24) is 10.5 Å². The van der Waals surface area contributed by atoms with Crippen LogP contribution in [0.2, 0.25) is 0 Å². The van der Waals surface area contributed by atoms with Crippen molar-refractivity contribution in [3.8, 4) is 11.6 Å². The normalized spacial score (nSPS) is 11.7. The number of nitrogens with one attached hydrogen (secondary N) is 1. The molecule has 162 valence electrons. The van der Waals surface area contributed by atoms with Crippen LogP contribution >= 0.6 is 0 Å². The Morgan fingerprint density at radius 1 is 1.10 bits per heavy atom. The number of ether oxygens (including phenoxy) is 1. The van der Waals surface area contributed by atoms with Crippen molar-refractivity contribution in [3.63, 3.8) is 0 Å². The van der Waals surface area contributed by atoms with E-state index in [4.69, 9.17) is 4.74 Å². The zero-order chi connectivity index (χ0) is 22.5. The summed E-state index contributed by atoms with van der Waals surface area (Å²) in [6, 6.07) is 12.9. The number of aliphatic imine (C=N–C) groups is 1. The molecule has 0 bridgehead atoms. The van der Waals surface area contributed by atoms with E-state index in [0.717, 1.165) is 23.3 Å². The summed E-state index contributed by atoms with van der Waals surface area (Å²) in [4.78, 5) is 8.58. The topological polar surface area (TPSA) is 66.7 Å². The Labute approximate surface area is 180 Å². The number of pyridine rings is 1. The highest BCUT2D eigenvalue weighted by atomic mass is 19.1. The lowest BCUT2D eigenvalue weighted by Crippen LogP contribution is -2.22. The molecule has 7 heteroatoms. The number of halogens is 2. The molecule has 0 aliphatic heterocycles. The average Bonchev–Trinajstić information content (AvgIpc) is 2.71. The van der Waals surface area contributed by atoms with Gasteiger partial charge in [-0.15, -0.1) is 0 Å². The molecule has 5 nitrogen and oxygen atoms in total. The molecule has 1 heterocycles. The predicted molar refractivity (Wildman–Crippen MR) is 116 cm³/mol. The highest BCUT2D eigenvalue weighted by Gasteiger charge is 2.16. The minimum Gasteiger partial charge on any atom is -0.438 e. The van der Waals surface area contributed by atoms with Gasteiger partial charge in [0.2, 0.25) is 5.88 Å². The van der Waals surface area contributed by atoms with E-state index in [0.29, 0.717) is 22.9 Å². The van der Waals surface area contributed by atoms with Gasteiger partial charge in [-0.2, -0.15) is 0 Å². The van der Waals surface area contributed by atoms with Crippen LogP contribution in [-0.4, -0.2) is 16.0 Å². The van der Waals surface area contributed by atoms with Crippen LogP contribution in [0.3, 0.4) is 0 Å². The van der Waals surface area contributed by atoms with Crippen LogP contribution in [-0.2, 0) is 6.54 Å². The SMILES string of the molecule is Cc1cc(Oc2nc(C)ccc2C(=NCc2c(F)cccc2F)NO)cc(C(C)C)c1. The van der Waals surface area contributed by atoms with Crippen LogP contribution in [0.4, 0.5) is 8.78 Å². The highest BCUT2D eigenvalue weighted by molar-refractivity contribution is 6.00. The third-order valence-electron chi connectivity index (χ3n) is 4.77. The van der Waals surface area contributed by atoms with Gasteiger partial charge in [0.1, 0.15) is 17.4 Å². The number of benzene rings is 2.